The van der Waals surface area contributed by atoms with Crippen molar-refractivity contribution in [2.75, 3.05) is 12.0 Å². The van der Waals surface area contributed by atoms with Gasteiger partial charge in [-0.15, -0.1) is 0 Å². The molecule has 1 aromatic rings. The van der Waals surface area contributed by atoms with Gasteiger partial charge >= 0.3 is 5.97 Å². The van der Waals surface area contributed by atoms with E-state index in [0.29, 0.717) is 31.6 Å². The maximum absolute atomic E-state index is 11.8. The summed E-state index contributed by atoms with van der Waals surface area (Å²) in [6.07, 6.45) is 5.68. The van der Waals surface area contributed by atoms with Gasteiger partial charge < -0.3 is 15.0 Å². The number of amides is 1. The molecule has 1 amide bonds. The normalized spacial score (nSPS) is 11.9. The lowest BCUT2D eigenvalue weighted by atomic mass is 10.2. The first kappa shape index (κ1) is 19.3. The summed E-state index contributed by atoms with van der Waals surface area (Å²) in [7, 11) is 0. The van der Waals surface area contributed by atoms with Gasteiger partial charge in [-0.3, -0.25) is 9.59 Å². The van der Waals surface area contributed by atoms with E-state index < -0.39 is 12.0 Å². The third kappa shape index (κ3) is 7.36. The van der Waals surface area contributed by atoms with E-state index in [-0.39, 0.29) is 17.9 Å². The number of carboxylic acids is 1. The Labute approximate surface area is 140 Å². The first-order chi connectivity index (χ1) is 10.9. The number of hydrogen-bond donors (Lipinski definition) is 2. The molecule has 1 aromatic heterocycles. The van der Waals surface area contributed by atoms with Gasteiger partial charge in [-0.25, -0.2) is 4.79 Å². The number of carboxylic acid groups (broad SMARTS) is 1. The third-order valence-electron chi connectivity index (χ3n) is 3.43. The zero-order valence-electron chi connectivity index (χ0n) is 13.6. The van der Waals surface area contributed by atoms with Gasteiger partial charge in [-0.05, 0) is 43.8 Å². The molecule has 6 nitrogen and oxygen atoms in total. The van der Waals surface area contributed by atoms with Gasteiger partial charge in [0.1, 0.15) is 6.04 Å². The second-order valence-electron chi connectivity index (χ2n) is 5.44. The molecule has 7 heteroatoms. The number of aromatic nitrogens is 1. The van der Waals surface area contributed by atoms with Gasteiger partial charge in [0, 0.05) is 25.2 Å². The zero-order valence-corrected chi connectivity index (χ0v) is 14.4. The second kappa shape index (κ2) is 10.1. The largest absolute Gasteiger partial charge is 0.480 e. The Hall–Kier alpha value is -1.76. The van der Waals surface area contributed by atoms with Gasteiger partial charge in [-0.1, -0.05) is 6.07 Å². The predicted octanol–water partition coefficient (Wildman–Crippen LogP) is 1.65. The molecular formula is C16H24N2O4S. The van der Waals surface area contributed by atoms with Gasteiger partial charge in [0.05, 0.1) is 0 Å². The lowest BCUT2D eigenvalue weighted by Crippen LogP contribution is -2.41. The van der Waals surface area contributed by atoms with E-state index in [1.807, 2.05) is 13.2 Å². The van der Waals surface area contributed by atoms with Crippen molar-refractivity contribution >= 4 is 23.6 Å². The zero-order chi connectivity index (χ0) is 17.2. The van der Waals surface area contributed by atoms with E-state index in [1.54, 1.807) is 28.6 Å². The first-order valence-electron chi connectivity index (χ1n) is 7.62. The number of hydrogen-bond acceptors (Lipinski definition) is 4. The molecule has 0 bridgehead atoms. The number of rotatable bonds is 10. The Morgan fingerprint density at radius 2 is 2.09 bits per heavy atom. The van der Waals surface area contributed by atoms with Crippen molar-refractivity contribution in [2.24, 2.45) is 0 Å². The maximum Gasteiger partial charge on any atom is 0.326 e. The van der Waals surface area contributed by atoms with E-state index >= 15 is 0 Å². The predicted molar refractivity (Wildman–Crippen MR) is 91.9 cm³/mol. The van der Waals surface area contributed by atoms with E-state index in [2.05, 4.69) is 5.32 Å². The van der Waals surface area contributed by atoms with E-state index in [0.717, 1.165) is 5.56 Å². The lowest BCUT2D eigenvalue weighted by Gasteiger charge is -2.14. The monoisotopic (exact) mass is 340 g/mol. The molecule has 0 fully saturated rings. The molecule has 23 heavy (non-hydrogen) atoms. The molecule has 1 heterocycles. The highest BCUT2D eigenvalue weighted by atomic mass is 32.2. The van der Waals surface area contributed by atoms with Crippen molar-refractivity contribution in [3.05, 3.63) is 34.2 Å². The first-order valence-corrected chi connectivity index (χ1v) is 9.01. The van der Waals surface area contributed by atoms with Gasteiger partial charge in [-0.2, -0.15) is 11.8 Å². The molecule has 0 aliphatic heterocycles. The molecule has 128 valence electrons. The molecule has 0 aromatic carbocycles. The fourth-order valence-electron chi connectivity index (χ4n) is 2.15. The standard InChI is InChI=1S/C16H24N2O4S/c1-12-6-7-15(20)18(11-12)9-4-3-5-14(19)17-13(16(21)22)8-10-23-2/h6-7,11,13H,3-5,8-10H2,1-2H3,(H,17,19)(H,21,22). The van der Waals surface area contributed by atoms with Crippen LogP contribution in [0.3, 0.4) is 0 Å². The highest BCUT2D eigenvalue weighted by molar-refractivity contribution is 7.98. The summed E-state index contributed by atoms with van der Waals surface area (Å²) in [5.74, 6) is -0.568. The summed E-state index contributed by atoms with van der Waals surface area (Å²) in [6.45, 7) is 2.48. The van der Waals surface area contributed by atoms with Gasteiger partial charge in [0.25, 0.3) is 5.56 Å². The molecule has 0 saturated heterocycles. The van der Waals surface area contributed by atoms with Crippen LogP contribution in [0.2, 0.25) is 0 Å². The van der Waals surface area contributed by atoms with Crippen LogP contribution in [-0.4, -0.2) is 39.6 Å². The van der Waals surface area contributed by atoms with Crippen LogP contribution in [0.1, 0.15) is 31.2 Å². The summed E-state index contributed by atoms with van der Waals surface area (Å²) in [5.41, 5.74) is 0.962. The summed E-state index contributed by atoms with van der Waals surface area (Å²) in [5, 5.41) is 11.6. The highest BCUT2D eigenvalue weighted by Crippen LogP contribution is 2.04. The van der Waals surface area contributed by atoms with Crippen molar-refractivity contribution in [2.45, 2.75) is 45.2 Å². The van der Waals surface area contributed by atoms with Crippen LogP contribution in [-0.2, 0) is 16.1 Å². The number of thioether (sulfide) groups is 1. The smallest absolute Gasteiger partial charge is 0.326 e. The fourth-order valence-corrected chi connectivity index (χ4v) is 2.62. The van der Waals surface area contributed by atoms with E-state index in [9.17, 15) is 14.4 Å². The van der Waals surface area contributed by atoms with Crippen molar-refractivity contribution in [1.29, 1.82) is 0 Å². The van der Waals surface area contributed by atoms with Crippen LogP contribution in [0.5, 0.6) is 0 Å². The molecule has 1 unspecified atom stereocenters. The molecule has 1 rings (SSSR count). The maximum atomic E-state index is 11.8. The molecule has 0 aliphatic carbocycles. The van der Waals surface area contributed by atoms with Crippen LogP contribution in [0.25, 0.3) is 0 Å². The number of carbonyl (C=O) groups excluding carboxylic acids is 1. The van der Waals surface area contributed by atoms with Crippen LogP contribution >= 0.6 is 11.8 Å². The lowest BCUT2D eigenvalue weighted by molar-refractivity contribution is -0.141. The Bertz CT molecular complexity index is 586. The van der Waals surface area contributed by atoms with Crippen LogP contribution in [0.4, 0.5) is 0 Å². The Kier molecular flexibility index (Phi) is 8.47. The molecular weight excluding hydrogens is 316 g/mol. The quantitative estimate of drug-likeness (QED) is 0.632. The highest BCUT2D eigenvalue weighted by Gasteiger charge is 2.18. The Morgan fingerprint density at radius 1 is 1.35 bits per heavy atom. The van der Waals surface area contributed by atoms with Crippen LogP contribution < -0.4 is 10.9 Å². The molecule has 1 atom stereocenters. The number of aliphatic carboxylic acids is 1. The van der Waals surface area contributed by atoms with Crippen molar-refractivity contribution in [3.63, 3.8) is 0 Å². The fraction of sp³-hybridized carbons (Fsp3) is 0.562. The average Bonchev–Trinajstić information content (AvgIpc) is 2.50. The van der Waals surface area contributed by atoms with Crippen molar-refractivity contribution < 1.29 is 14.7 Å². The van der Waals surface area contributed by atoms with Gasteiger partial charge in [0.15, 0.2) is 0 Å². The Balaban J connectivity index is 2.34. The average molecular weight is 340 g/mol. The second-order valence-corrected chi connectivity index (χ2v) is 6.42. The van der Waals surface area contributed by atoms with Crippen molar-refractivity contribution in [1.82, 2.24) is 9.88 Å². The minimum atomic E-state index is -1.00. The number of nitrogens with one attached hydrogen (secondary N) is 1. The summed E-state index contributed by atoms with van der Waals surface area (Å²) < 4.78 is 1.63. The van der Waals surface area contributed by atoms with E-state index in [4.69, 9.17) is 5.11 Å². The SMILES string of the molecule is CSCCC(NC(=O)CCCCn1cc(C)ccc1=O)C(=O)O. The minimum absolute atomic E-state index is 0.0527. The molecule has 0 saturated carbocycles. The third-order valence-corrected chi connectivity index (χ3v) is 4.07. The number of unbranched alkanes of at least 4 members (excludes halogenated alkanes) is 1. The van der Waals surface area contributed by atoms with Crippen LogP contribution in [0.15, 0.2) is 23.1 Å². The number of aryl methyl sites for hydroxylation is 2. The molecule has 0 radical (unpaired) electrons. The Morgan fingerprint density at radius 3 is 2.74 bits per heavy atom. The number of nitrogens with zero attached hydrogens (tertiary/aromatic N) is 1. The number of carbonyl (C=O) groups is 2. The molecule has 0 spiro atoms. The summed E-state index contributed by atoms with van der Waals surface area (Å²) in [4.78, 5) is 34.5. The molecule has 0 aliphatic rings. The minimum Gasteiger partial charge on any atom is -0.480 e. The number of pyridine rings is 1. The van der Waals surface area contributed by atoms with Crippen molar-refractivity contribution in [3.8, 4) is 0 Å². The summed E-state index contributed by atoms with van der Waals surface area (Å²) >= 11 is 1.55. The van der Waals surface area contributed by atoms with Crippen LogP contribution in [0, 0.1) is 6.92 Å². The van der Waals surface area contributed by atoms with E-state index in [1.165, 1.54) is 6.07 Å². The van der Waals surface area contributed by atoms with Gasteiger partial charge in [0.2, 0.25) is 5.91 Å². The summed E-state index contributed by atoms with van der Waals surface area (Å²) in [6, 6.07) is 2.48. The topological polar surface area (TPSA) is 88.4 Å². The molecule has 2 N–H and O–H groups in total.